The first-order valence-corrected chi connectivity index (χ1v) is 6.39. The fraction of sp³-hybridized carbons (Fsp3) is 0.538. The normalized spacial score (nSPS) is 26.1. The summed E-state index contributed by atoms with van der Waals surface area (Å²) in [6, 6.07) is 8.59. The van der Waals surface area contributed by atoms with E-state index in [4.69, 9.17) is 11.6 Å². The lowest BCUT2D eigenvalue weighted by molar-refractivity contribution is 0.0781. The highest BCUT2D eigenvalue weighted by Gasteiger charge is 2.24. The van der Waals surface area contributed by atoms with Crippen LogP contribution in [-0.2, 0) is 6.54 Å². The molecule has 0 bridgehead atoms. The maximum atomic E-state index is 9.37. The Kier molecular flexibility index (Phi) is 4.40. The Morgan fingerprint density at radius 3 is 3.06 bits per heavy atom. The van der Waals surface area contributed by atoms with Crippen LogP contribution in [0.3, 0.4) is 0 Å². The topological polar surface area (TPSA) is 35.5 Å². The Morgan fingerprint density at radius 2 is 2.35 bits per heavy atom. The van der Waals surface area contributed by atoms with Gasteiger partial charge in [0.05, 0.1) is 6.61 Å². The second-order valence-electron chi connectivity index (χ2n) is 4.71. The molecule has 2 N–H and O–H groups in total. The van der Waals surface area contributed by atoms with Crippen LogP contribution in [0.5, 0.6) is 0 Å². The van der Waals surface area contributed by atoms with Crippen molar-refractivity contribution in [2.75, 3.05) is 19.7 Å². The molecule has 0 saturated carbocycles. The molecule has 0 aliphatic carbocycles. The maximum Gasteiger partial charge on any atom is 0.0599 e. The van der Waals surface area contributed by atoms with Crippen LogP contribution >= 0.6 is 11.6 Å². The van der Waals surface area contributed by atoms with Crippen molar-refractivity contribution >= 4 is 11.6 Å². The number of nitrogens with zero attached hydrogens (tertiary/aromatic N) is 1. The molecule has 1 aromatic carbocycles. The van der Waals surface area contributed by atoms with Crippen molar-refractivity contribution in [1.82, 2.24) is 10.2 Å². The number of aliphatic hydroxyl groups excluding tert-OH is 1. The van der Waals surface area contributed by atoms with E-state index in [-0.39, 0.29) is 12.6 Å². The van der Waals surface area contributed by atoms with E-state index in [2.05, 4.69) is 23.2 Å². The SMILES string of the molecule is C[C@H]1CN(Cc2cccc(Cl)c2)[C@@H](CO)CN1. The fourth-order valence-corrected chi connectivity index (χ4v) is 2.49. The van der Waals surface area contributed by atoms with Crippen LogP contribution < -0.4 is 5.32 Å². The molecule has 4 heteroatoms. The lowest BCUT2D eigenvalue weighted by Gasteiger charge is -2.38. The van der Waals surface area contributed by atoms with Gasteiger partial charge in [0.15, 0.2) is 0 Å². The summed E-state index contributed by atoms with van der Waals surface area (Å²) in [5, 5.41) is 13.5. The molecule has 2 atom stereocenters. The van der Waals surface area contributed by atoms with Crippen LogP contribution in [-0.4, -0.2) is 41.8 Å². The summed E-state index contributed by atoms with van der Waals surface area (Å²) < 4.78 is 0. The lowest BCUT2D eigenvalue weighted by atomic mass is 10.1. The van der Waals surface area contributed by atoms with Gasteiger partial charge in [-0.3, -0.25) is 4.90 Å². The summed E-state index contributed by atoms with van der Waals surface area (Å²) in [4.78, 5) is 2.31. The second-order valence-corrected chi connectivity index (χ2v) is 5.14. The van der Waals surface area contributed by atoms with Crippen molar-refractivity contribution in [3.05, 3.63) is 34.9 Å². The molecule has 1 fully saturated rings. The summed E-state index contributed by atoms with van der Waals surface area (Å²) >= 11 is 5.98. The Balaban J connectivity index is 2.04. The number of hydrogen-bond donors (Lipinski definition) is 2. The zero-order valence-electron chi connectivity index (χ0n) is 10.1. The first-order valence-electron chi connectivity index (χ1n) is 6.02. The van der Waals surface area contributed by atoms with E-state index < -0.39 is 0 Å². The Hall–Kier alpha value is -0.610. The molecule has 94 valence electrons. The van der Waals surface area contributed by atoms with E-state index in [9.17, 15) is 5.11 Å². The zero-order chi connectivity index (χ0) is 12.3. The highest BCUT2D eigenvalue weighted by atomic mass is 35.5. The van der Waals surface area contributed by atoms with Gasteiger partial charge in [-0.1, -0.05) is 23.7 Å². The second kappa shape index (κ2) is 5.83. The highest BCUT2D eigenvalue weighted by Crippen LogP contribution is 2.16. The molecule has 3 nitrogen and oxygen atoms in total. The Labute approximate surface area is 107 Å². The molecular weight excluding hydrogens is 236 g/mol. The van der Waals surface area contributed by atoms with Crippen molar-refractivity contribution in [2.24, 2.45) is 0 Å². The van der Waals surface area contributed by atoms with Crippen LogP contribution in [0.4, 0.5) is 0 Å². The predicted molar refractivity (Wildman–Crippen MR) is 70.2 cm³/mol. The van der Waals surface area contributed by atoms with Gasteiger partial charge in [0, 0.05) is 36.7 Å². The van der Waals surface area contributed by atoms with Crippen molar-refractivity contribution in [3.8, 4) is 0 Å². The number of piperazine rings is 1. The largest absolute Gasteiger partial charge is 0.395 e. The Morgan fingerprint density at radius 1 is 1.53 bits per heavy atom. The molecule has 1 aliphatic rings. The number of halogens is 1. The van der Waals surface area contributed by atoms with Gasteiger partial charge in [-0.15, -0.1) is 0 Å². The third kappa shape index (κ3) is 3.42. The van der Waals surface area contributed by atoms with Gasteiger partial charge in [0.1, 0.15) is 0 Å². The van der Waals surface area contributed by atoms with Crippen LogP contribution in [0.15, 0.2) is 24.3 Å². The first-order chi connectivity index (χ1) is 8.19. The average Bonchev–Trinajstić information content (AvgIpc) is 2.29. The van der Waals surface area contributed by atoms with Gasteiger partial charge in [0.2, 0.25) is 0 Å². The molecule has 0 unspecified atom stereocenters. The maximum absolute atomic E-state index is 9.37. The number of aliphatic hydroxyl groups is 1. The smallest absolute Gasteiger partial charge is 0.0599 e. The number of hydrogen-bond acceptors (Lipinski definition) is 3. The van der Waals surface area contributed by atoms with E-state index in [1.54, 1.807) is 0 Å². The molecule has 1 aromatic rings. The van der Waals surface area contributed by atoms with E-state index >= 15 is 0 Å². The molecule has 17 heavy (non-hydrogen) atoms. The molecule has 1 aliphatic heterocycles. The van der Waals surface area contributed by atoms with Crippen LogP contribution in [0.25, 0.3) is 0 Å². The van der Waals surface area contributed by atoms with Crippen molar-refractivity contribution in [2.45, 2.75) is 25.6 Å². The third-order valence-electron chi connectivity index (χ3n) is 3.21. The van der Waals surface area contributed by atoms with Gasteiger partial charge in [-0.2, -0.15) is 0 Å². The minimum absolute atomic E-state index is 0.195. The minimum atomic E-state index is 0.195. The van der Waals surface area contributed by atoms with Gasteiger partial charge in [-0.25, -0.2) is 0 Å². The lowest BCUT2D eigenvalue weighted by Crippen LogP contribution is -2.56. The first kappa shape index (κ1) is 12.8. The molecule has 1 heterocycles. The molecule has 0 aromatic heterocycles. The molecular formula is C13H19ClN2O. The molecule has 2 rings (SSSR count). The minimum Gasteiger partial charge on any atom is -0.395 e. The van der Waals surface area contributed by atoms with E-state index in [0.717, 1.165) is 24.7 Å². The summed E-state index contributed by atoms with van der Waals surface area (Å²) in [5.41, 5.74) is 1.20. The third-order valence-corrected chi connectivity index (χ3v) is 3.45. The van der Waals surface area contributed by atoms with Crippen molar-refractivity contribution < 1.29 is 5.11 Å². The van der Waals surface area contributed by atoms with Gasteiger partial charge in [-0.05, 0) is 24.6 Å². The highest BCUT2D eigenvalue weighted by molar-refractivity contribution is 6.30. The van der Waals surface area contributed by atoms with Gasteiger partial charge < -0.3 is 10.4 Å². The quantitative estimate of drug-likeness (QED) is 0.858. The van der Waals surface area contributed by atoms with Crippen LogP contribution in [0.1, 0.15) is 12.5 Å². The van der Waals surface area contributed by atoms with E-state index in [1.807, 2.05) is 18.2 Å². The average molecular weight is 255 g/mol. The standard InChI is InChI=1S/C13H19ClN2O/c1-10-7-16(13(9-17)6-15-10)8-11-3-2-4-12(14)5-11/h2-5,10,13,15,17H,6-9H2,1H3/t10-,13+/m0/s1. The Bertz CT molecular complexity index is 372. The zero-order valence-corrected chi connectivity index (χ0v) is 10.8. The molecule has 0 radical (unpaired) electrons. The summed E-state index contributed by atoms with van der Waals surface area (Å²) in [5.74, 6) is 0. The molecule has 1 saturated heterocycles. The summed E-state index contributed by atoms with van der Waals surface area (Å²) in [7, 11) is 0. The monoisotopic (exact) mass is 254 g/mol. The van der Waals surface area contributed by atoms with Crippen LogP contribution in [0.2, 0.25) is 5.02 Å². The van der Waals surface area contributed by atoms with Gasteiger partial charge >= 0.3 is 0 Å². The number of benzene rings is 1. The molecule has 0 amide bonds. The van der Waals surface area contributed by atoms with Gasteiger partial charge in [0.25, 0.3) is 0 Å². The summed E-state index contributed by atoms with van der Waals surface area (Å²) in [6.07, 6.45) is 0. The van der Waals surface area contributed by atoms with Crippen LogP contribution in [0, 0.1) is 0 Å². The molecule has 0 spiro atoms. The number of nitrogens with one attached hydrogen (secondary N) is 1. The summed E-state index contributed by atoms with van der Waals surface area (Å²) in [6.45, 7) is 5.01. The van der Waals surface area contributed by atoms with E-state index in [1.165, 1.54) is 5.56 Å². The van der Waals surface area contributed by atoms with Crippen molar-refractivity contribution in [3.63, 3.8) is 0 Å². The number of rotatable bonds is 3. The van der Waals surface area contributed by atoms with Crippen molar-refractivity contribution in [1.29, 1.82) is 0 Å². The predicted octanol–water partition coefficient (Wildman–Crippen LogP) is 1.49. The van der Waals surface area contributed by atoms with E-state index in [0.29, 0.717) is 6.04 Å². The fourth-order valence-electron chi connectivity index (χ4n) is 2.28.